The lowest BCUT2D eigenvalue weighted by atomic mass is 10.1. The largest absolute Gasteiger partial charge is 0.310 e. The first-order chi connectivity index (χ1) is 10.7. The maximum atomic E-state index is 12.9. The monoisotopic (exact) mass is 318 g/mol. The first-order valence-corrected chi connectivity index (χ1v) is 7.96. The van der Waals surface area contributed by atoms with Crippen molar-refractivity contribution in [2.24, 2.45) is 0 Å². The standard InChI is InChI=1S/C16H19ClN4O/c1-2-9-18-11-14-19-20-10-8-13(17)15(20)16(22)21(14)12-6-4-3-5-7-12/h4,6-8,10,18H,2-3,5,9,11H2,1H3. The predicted molar refractivity (Wildman–Crippen MR) is 89.1 cm³/mol. The van der Waals surface area contributed by atoms with E-state index in [9.17, 15) is 4.79 Å². The Morgan fingerprint density at radius 2 is 2.27 bits per heavy atom. The minimum absolute atomic E-state index is 0.129. The van der Waals surface area contributed by atoms with E-state index >= 15 is 0 Å². The van der Waals surface area contributed by atoms with Crippen LogP contribution in [0.4, 0.5) is 0 Å². The van der Waals surface area contributed by atoms with Gasteiger partial charge in [0.2, 0.25) is 0 Å². The summed E-state index contributed by atoms with van der Waals surface area (Å²) in [5.74, 6) is 0.691. The summed E-state index contributed by atoms with van der Waals surface area (Å²) in [5, 5.41) is 8.30. The molecule has 116 valence electrons. The number of aromatic nitrogens is 3. The molecular weight excluding hydrogens is 300 g/mol. The van der Waals surface area contributed by atoms with Gasteiger partial charge in [-0.15, -0.1) is 0 Å². The molecule has 0 unspecified atom stereocenters. The van der Waals surface area contributed by atoms with Crippen LogP contribution in [-0.2, 0) is 6.54 Å². The van der Waals surface area contributed by atoms with Crippen molar-refractivity contribution in [3.8, 4) is 0 Å². The van der Waals surface area contributed by atoms with Crippen molar-refractivity contribution in [2.75, 3.05) is 6.54 Å². The number of fused-ring (bicyclic) bond motifs is 1. The maximum absolute atomic E-state index is 12.9. The second kappa shape index (κ2) is 6.50. The molecule has 2 aromatic rings. The van der Waals surface area contributed by atoms with Crippen LogP contribution in [-0.4, -0.2) is 20.7 Å². The molecule has 2 heterocycles. The van der Waals surface area contributed by atoms with Gasteiger partial charge in [-0.05, 0) is 37.9 Å². The number of rotatable bonds is 5. The highest BCUT2D eigenvalue weighted by Gasteiger charge is 2.16. The van der Waals surface area contributed by atoms with Crippen LogP contribution in [0.1, 0.15) is 32.0 Å². The Morgan fingerprint density at radius 3 is 3.00 bits per heavy atom. The zero-order chi connectivity index (χ0) is 15.5. The highest BCUT2D eigenvalue weighted by molar-refractivity contribution is 6.33. The Morgan fingerprint density at radius 1 is 1.41 bits per heavy atom. The lowest BCUT2D eigenvalue weighted by molar-refractivity contribution is 0.615. The van der Waals surface area contributed by atoms with Crippen LogP contribution in [0.2, 0.25) is 5.02 Å². The quantitative estimate of drug-likeness (QED) is 0.862. The number of hydrogen-bond donors (Lipinski definition) is 1. The first-order valence-electron chi connectivity index (χ1n) is 7.59. The molecule has 0 aromatic carbocycles. The molecule has 0 atom stereocenters. The van der Waals surface area contributed by atoms with Crippen LogP contribution in [0, 0.1) is 0 Å². The SMILES string of the molecule is CCCNCc1nn2ccc(Cl)c2c(=O)n1C1=CCCC=C1. The van der Waals surface area contributed by atoms with E-state index < -0.39 is 0 Å². The Bertz CT molecular complexity index is 800. The molecule has 2 aromatic heterocycles. The van der Waals surface area contributed by atoms with E-state index in [1.807, 2.05) is 6.08 Å². The molecule has 6 heteroatoms. The van der Waals surface area contributed by atoms with Crippen molar-refractivity contribution < 1.29 is 0 Å². The average Bonchev–Trinajstić information content (AvgIpc) is 2.90. The summed E-state index contributed by atoms with van der Waals surface area (Å²) in [6.45, 7) is 3.53. The van der Waals surface area contributed by atoms with Crippen LogP contribution in [0.15, 0.2) is 35.3 Å². The van der Waals surface area contributed by atoms with Crippen molar-refractivity contribution in [3.05, 3.63) is 51.7 Å². The van der Waals surface area contributed by atoms with Gasteiger partial charge in [0.15, 0.2) is 5.82 Å². The van der Waals surface area contributed by atoms with Gasteiger partial charge in [-0.1, -0.05) is 30.7 Å². The third-order valence-corrected chi connectivity index (χ3v) is 3.95. The maximum Gasteiger partial charge on any atom is 0.284 e. The molecule has 0 saturated heterocycles. The Balaban J connectivity index is 2.16. The molecule has 22 heavy (non-hydrogen) atoms. The van der Waals surface area contributed by atoms with Gasteiger partial charge in [0, 0.05) is 11.9 Å². The summed E-state index contributed by atoms with van der Waals surface area (Å²) in [7, 11) is 0. The van der Waals surface area contributed by atoms with E-state index in [0.717, 1.165) is 31.5 Å². The van der Waals surface area contributed by atoms with Crippen LogP contribution >= 0.6 is 11.6 Å². The first kappa shape index (κ1) is 15.1. The van der Waals surface area contributed by atoms with Gasteiger partial charge < -0.3 is 5.32 Å². The van der Waals surface area contributed by atoms with Gasteiger partial charge in [-0.25, -0.2) is 4.52 Å². The minimum atomic E-state index is -0.129. The number of hydrogen-bond acceptors (Lipinski definition) is 3. The van der Waals surface area contributed by atoms with E-state index in [0.29, 0.717) is 22.9 Å². The summed E-state index contributed by atoms with van der Waals surface area (Å²) in [4.78, 5) is 12.9. The van der Waals surface area contributed by atoms with Gasteiger partial charge in [0.1, 0.15) is 5.52 Å². The van der Waals surface area contributed by atoms with Gasteiger partial charge in [0.25, 0.3) is 5.56 Å². The molecule has 3 rings (SSSR count). The summed E-state index contributed by atoms with van der Waals surface area (Å²) in [6.07, 6.45) is 10.8. The van der Waals surface area contributed by atoms with Crippen molar-refractivity contribution in [1.82, 2.24) is 19.5 Å². The third kappa shape index (κ3) is 2.74. The summed E-state index contributed by atoms with van der Waals surface area (Å²) < 4.78 is 3.23. The topological polar surface area (TPSA) is 51.3 Å². The molecule has 1 aliphatic carbocycles. The zero-order valence-corrected chi connectivity index (χ0v) is 13.3. The highest BCUT2D eigenvalue weighted by atomic mass is 35.5. The number of halogens is 1. The molecule has 5 nitrogen and oxygen atoms in total. The molecule has 0 bridgehead atoms. The van der Waals surface area contributed by atoms with Gasteiger partial charge in [-0.2, -0.15) is 5.10 Å². The number of allylic oxidation sites excluding steroid dienone is 4. The second-order valence-corrected chi connectivity index (χ2v) is 5.71. The second-order valence-electron chi connectivity index (χ2n) is 5.30. The van der Waals surface area contributed by atoms with Crippen molar-refractivity contribution >= 4 is 22.8 Å². The van der Waals surface area contributed by atoms with Crippen molar-refractivity contribution in [1.29, 1.82) is 0 Å². The fourth-order valence-corrected chi connectivity index (χ4v) is 2.82. The van der Waals surface area contributed by atoms with Gasteiger partial charge in [-0.3, -0.25) is 9.36 Å². The normalized spacial score (nSPS) is 14.5. The smallest absolute Gasteiger partial charge is 0.284 e. The van der Waals surface area contributed by atoms with Gasteiger partial charge in [0.05, 0.1) is 11.6 Å². The van der Waals surface area contributed by atoms with Crippen LogP contribution < -0.4 is 10.9 Å². The van der Waals surface area contributed by atoms with Crippen molar-refractivity contribution in [3.63, 3.8) is 0 Å². The Hall–Kier alpha value is -1.85. The van der Waals surface area contributed by atoms with E-state index in [-0.39, 0.29) is 5.56 Å². The van der Waals surface area contributed by atoms with Crippen LogP contribution in [0.25, 0.3) is 11.2 Å². The fourth-order valence-electron chi connectivity index (χ4n) is 2.60. The van der Waals surface area contributed by atoms with E-state index in [1.165, 1.54) is 0 Å². The number of nitrogens with one attached hydrogen (secondary N) is 1. The molecule has 1 N–H and O–H groups in total. The third-order valence-electron chi connectivity index (χ3n) is 3.65. The molecule has 0 fully saturated rings. The Kier molecular flexibility index (Phi) is 4.45. The summed E-state index contributed by atoms with van der Waals surface area (Å²) in [5.41, 5.74) is 1.16. The lowest BCUT2D eigenvalue weighted by Gasteiger charge is -2.16. The van der Waals surface area contributed by atoms with E-state index in [4.69, 9.17) is 11.6 Å². The lowest BCUT2D eigenvalue weighted by Crippen LogP contribution is -2.30. The molecule has 0 amide bonds. The zero-order valence-electron chi connectivity index (χ0n) is 12.6. The van der Waals surface area contributed by atoms with Crippen molar-refractivity contribution in [2.45, 2.75) is 32.7 Å². The van der Waals surface area contributed by atoms with E-state index in [2.05, 4.69) is 29.5 Å². The summed E-state index contributed by atoms with van der Waals surface area (Å²) >= 11 is 6.14. The summed E-state index contributed by atoms with van der Waals surface area (Å²) in [6, 6.07) is 1.70. The van der Waals surface area contributed by atoms with E-state index in [1.54, 1.807) is 21.3 Å². The molecule has 1 aliphatic rings. The van der Waals surface area contributed by atoms with Crippen LogP contribution in [0.5, 0.6) is 0 Å². The molecule has 0 radical (unpaired) electrons. The predicted octanol–water partition coefficient (Wildman–Crippen LogP) is 2.84. The highest BCUT2D eigenvalue weighted by Crippen LogP contribution is 2.18. The molecule has 0 saturated carbocycles. The van der Waals surface area contributed by atoms with Gasteiger partial charge >= 0.3 is 0 Å². The van der Waals surface area contributed by atoms with Crippen LogP contribution in [0.3, 0.4) is 0 Å². The Labute approximate surface area is 133 Å². The molecule has 0 spiro atoms. The fraction of sp³-hybridized carbons (Fsp3) is 0.375. The average molecular weight is 319 g/mol. The molecular formula is C16H19ClN4O. The molecule has 0 aliphatic heterocycles. The minimum Gasteiger partial charge on any atom is -0.310 e. The number of nitrogens with zero attached hydrogens (tertiary/aromatic N) is 3.